The lowest BCUT2D eigenvalue weighted by atomic mass is 9.91. The summed E-state index contributed by atoms with van der Waals surface area (Å²) in [6, 6.07) is 20.5. The number of nitrogens with zero attached hydrogens (tertiary/aromatic N) is 7. The van der Waals surface area contributed by atoms with Gasteiger partial charge in [0.2, 0.25) is 17.8 Å². The Morgan fingerprint density at radius 3 is 1.97 bits per heavy atom. The van der Waals surface area contributed by atoms with E-state index in [0.29, 0.717) is 72.3 Å². The van der Waals surface area contributed by atoms with Gasteiger partial charge in [-0.05, 0) is 135 Å². The SMILES string of the molecule is CN1C(=O)C(NC(=O)c2cc(Cc3cccc(F)n3)ccn2)CCc2ccc(C#CC(C)(O)CCC(C)(O)C#Cc3ccc4c(c3)N(C)C(=O)C(NC(=O)n3cc(Cc5cccnc5)cn3)CC4)cc21. The highest BCUT2D eigenvalue weighted by atomic mass is 19.1. The van der Waals surface area contributed by atoms with Crippen LogP contribution in [0.25, 0.3) is 0 Å². The van der Waals surface area contributed by atoms with Crippen molar-refractivity contribution in [3.63, 3.8) is 0 Å². The fourth-order valence-electron chi connectivity index (χ4n) is 8.39. The summed E-state index contributed by atoms with van der Waals surface area (Å²) in [5.74, 6) is 10.2. The first-order valence-corrected chi connectivity index (χ1v) is 22.9. The monoisotopic (exact) mass is 941 g/mol. The number of hydrogen-bond donors (Lipinski definition) is 4. The third-order valence-corrected chi connectivity index (χ3v) is 12.4. The number of amides is 4. The van der Waals surface area contributed by atoms with Crippen LogP contribution in [0.5, 0.6) is 0 Å². The molecule has 2 aliphatic rings. The topological polar surface area (TPSA) is 196 Å². The molecule has 0 fully saturated rings. The molecule has 0 radical (unpaired) electrons. The van der Waals surface area contributed by atoms with Gasteiger partial charge < -0.3 is 30.6 Å². The number of anilines is 2. The number of halogens is 1. The van der Waals surface area contributed by atoms with E-state index in [4.69, 9.17) is 0 Å². The minimum absolute atomic E-state index is 0.0880. The molecule has 0 spiro atoms. The third kappa shape index (κ3) is 12.0. The molecule has 4 amide bonds. The molecule has 356 valence electrons. The Labute approximate surface area is 405 Å². The molecule has 0 aliphatic carbocycles. The first-order chi connectivity index (χ1) is 33.5. The summed E-state index contributed by atoms with van der Waals surface area (Å²) < 4.78 is 14.8. The number of aromatic nitrogens is 5. The van der Waals surface area contributed by atoms with E-state index in [1.165, 1.54) is 26.7 Å². The molecule has 0 saturated carbocycles. The molecule has 4 atom stereocenters. The Morgan fingerprint density at radius 1 is 0.743 bits per heavy atom. The van der Waals surface area contributed by atoms with Crippen molar-refractivity contribution in [2.75, 3.05) is 23.9 Å². The van der Waals surface area contributed by atoms with Crippen LogP contribution in [0.4, 0.5) is 20.6 Å². The van der Waals surface area contributed by atoms with Gasteiger partial charge in [0, 0.05) is 79.9 Å². The Morgan fingerprint density at radius 2 is 1.37 bits per heavy atom. The molecule has 8 rings (SSSR count). The lowest BCUT2D eigenvalue weighted by molar-refractivity contribution is -0.120. The van der Waals surface area contributed by atoms with Gasteiger partial charge >= 0.3 is 6.03 Å². The average Bonchev–Trinajstić information content (AvgIpc) is 3.74. The van der Waals surface area contributed by atoms with Crippen molar-refractivity contribution in [1.29, 1.82) is 0 Å². The van der Waals surface area contributed by atoms with Gasteiger partial charge in [-0.25, -0.2) is 9.78 Å². The zero-order chi connectivity index (χ0) is 49.6. The van der Waals surface area contributed by atoms with Gasteiger partial charge in [-0.2, -0.15) is 14.2 Å². The highest BCUT2D eigenvalue weighted by molar-refractivity contribution is 6.03. The molecule has 6 heterocycles. The van der Waals surface area contributed by atoms with Crippen LogP contribution >= 0.6 is 0 Å². The minimum atomic E-state index is -1.51. The molecule has 15 nitrogen and oxygen atoms in total. The number of benzene rings is 2. The van der Waals surface area contributed by atoms with E-state index in [2.05, 4.69) is 54.4 Å². The fourth-order valence-corrected chi connectivity index (χ4v) is 8.39. The predicted molar refractivity (Wildman–Crippen MR) is 260 cm³/mol. The van der Waals surface area contributed by atoms with E-state index in [1.54, 1.807) is 89.1 Å². The number of carbonyl (C=O) groups excluding carboxylic acids is 4. The largest absolute Gasteiger partial charge is 0.378 e. The van der Waals surface area contributed by atoms with E-state index in [9.17, 15) is 33.8 Å². The molecular weight excluding hydrogens is 890 g/mol. The second-order valence-corrected chi connectivity index (χ2v) is 18.1. The molecule has 2 aromatic carbocycles. The zero-order valence-electron chi connectivity index (χ0n) is 39.2. The molecule has 4 unspecified atom stereocenters. The number of hydrogen-bond acceptors (Lipinski definition) is 10. The number of aliphatic hydroxyl groups is 2. The molecule has 4 aromatic heterocycles. The summed E-state index contributed by atoms with van der Waals surface area (Å²) >= 11 is 0. The first kappa shape index (κ1) is 48.4. The molecule has 4 N–H and O–H groups in total. The number of nitrogens with one attached hydrogen (secondary N) is 2. The van der Waals surface area contributed by atoms with Crippen LogP contribution in [0, 0.1) is 29.6 Å². The van der Waals surface area contributed by atoms with Crippen LogP contribution < -0.4 is 20.4 Å². The maximum Gasteiger partial charge on any atom is 0.342 e. The van der Waals surface area contributed by atoms with Gasteiger partial charge in [0.25, 0.3) is 5.91 Å². The Kier molecular flexibility index (Phi) is 14.3. The van der Waals surface area contributed by atoms with Gasteiger partial charge in [0.15, 0.2) is 0 Å². The van der Waals surface area contributed by atoms with Crippen LogP contribution in [0.15, 0.2) is 110 Å². The highest BCUT2D eigenvalue weighted by Crippen LogP contribution is 2.30. The standard InChI is InChI=1S/C54H52FN9O6/c1-53(69,21-18-35-10-12-40-14-16-43(50(66)62(3)46(40)30-35)60-49(65)45-29-37(20-26-57-45)28-42-8-5-9-48(55)59-42)23-24-54(2,70)22-19-36-11-13-41-15-17-44(51(67)63(4)47(41)31-36)61-52(68)64-34-39(33-58-64)27-38-7-6-25-56-32-38/h5-13,20,25-26,29-34,43-44,69-70H,14-17,23-24,27-28H2,1-4H3,(H,60,65)(H,61,68). The van der Waals surface area contributed by atoms with Crippen LogP contribution in [0.1, 0.15) is 94.7 Å². The summed E-state index contributed by atoms with van der Waals surface area (Å²) in [6.07, 6.45) is 11.0. The number of carbonyl (C=O) groups is 4. The number of aryl methyl sites for hydroxylation is 2. The van der Waals surface area contributed by atoms with Crippen molar-refractivity contribution in [2.45, 2.75) is 88.5 Å². The molecule has 16 heteroatoms. The lowest BCUT2D eigenvalue weighted by Crippen LogP contribution is -2.48. The van der Waals surface area contributed by atoms with Crippen molar-refractivity contribution in [2.24, 2.45) is 0 Å². The second kappa shape index (κ2) is 20.7. The second-order valence-electron chi connectivity index (χ2n) is 18.1. The molecule has 0 saturated heterocycles. The van der Waals surface area contributed by atoms with Crippen molar-refractivity contribution >= 4 is 35.1 Å². The third-order valence-electron chi connectivity index (χ3n) is 12.4. The summed E-state index contributed by atoms with van der Waals surface area (Å²) in [5.41, 5.74) is 4.37. The number of likely N-dealkylation sites (N-methyl/N-ethyl adjacent to an activating group) is 2. The number of pyridine rings is 3. The molecule has 2 aliphatic heterocycles. The van der Waals surface area contributed by atoms with Gasteiger partial charge in [-0.3, -0.25) is 24.4 Å². The smallest absolute Gasteiger partial charge is 0.342 e. The van der Waals surface area contributed by atoms with Crippen LogP contribution in [0.2, 0.25) is 0 Å². The van der Waals surface area contributed by atoms with Crippen molar-refractivity contribution in [3.05, 3.63) is 166 Å². The number of rotatable bonds is 10. The van der Waals surface area contributed by atoms with Gasteiger partial charge in [-0.15, -0.1) is 0 Å². The van der Waals surface area contributed by atoms with Crippen molar-refractivity contribution in [1.82, 2.24) is 35.4 Å². The van der Waals surface area contributed by atoms with E-state index in [-0.39, 0.29) is 30.3 Å². The van der Waals surface area contributed by atoms with Crippen LogP contribution in [-0.4, -0.2) is 96.1 Å². The zero-order valence-corrected chi connectivity index (χ0v) is 39.2. The normalized spacial score (nSPS) is 17.2. The number of fused-ring (bicyclic) bond motifs is 2. The molecule has 0 bridgehead atoms. The summed E-state index contributed by atoms with van der Waals surface area (Å²) in [6.45, 7) is 3.12. The average molecular weight is 942 g/mol. The summed E-state index contributed by atoms with van der Waals surface area (Å²) in [7, 11) is 3.29. The summed E-state index contributed by atoms with van der Waals surface area (Å²) in [4.78, 5) is 69.1. The van der Waals surface area contributed by atoms with Crippen molar-refractivity contribution < 1.29 is 33.8 Å². The van der Waals surface area contributed by atoms with Gasteiger partial charge in [0.05, 0.1) is 6.20 Å². The first-order valence-electron chi connectivity index (χ1n) is 22.9. The molecule has 6 aromatic rings. The molecule has 70 heavy (non-hydrogen) atoms. The van der Waals surface area contributed by atoms with Gasteiger partial charge in [0.1, 0.15) is 29.0 Å². The van der Waals surface area contributed by atoms with Crippen LogP contribution in [0.3, 0.4) is 0 Å². The van der Waals surface area contributed by atoms with E-state index >= 15 is 0 Å². The van der Waals surface area contributed by atoms with E-state index in [1.807, 2.05) is 36.4 Å². The quantitative estimate of drug-likeness (QED) is 0.103. The minimum Gasteiger partial charge on any atom is -0.378 e. The summed E-state index contributed by atoms with van der Waals surface area (Å²) in [5, 5.41) is 32.5. The Bertz CT molecular complexity index is 3090. The van der Waals surface area contributed by atoms with Crippen molar-refractivity contribution in [3.8, 4) is 23.7 Å². The molecular formula is C54H52FN9O6. The fraction of sp³-hybridized carbons (Fsp3) is 0.296. The Hall–Kier alpha value is -8.05. The maximum atomic E-state index is 13.7. The lowest BCUT2D eigenvalue weighted by Gasteiger charge is -2.23. The maximum absolute atomic E-state index is 13.7. The Balaban J connectivity index is 0.849. The van der Waals surface area contributed by atoms with E-state index in [0.717, 1.165) is 22.3 Å². The van der Waals surface area contributed by atoms with E-state index < -0.39 is 41.2 Å². The predicted octanol–water partition coefficient (Wildman–Crippen LogP) is 5.32. The van der Waals surface area contributed by atoms with Gasteiger partial charge in [-0.1, -0.05) is 47.9 Å². The van der Waals surface area contributed by atoms with Crippen LogP contribution in [-0.2, 0) is 35.3 Å². The highest BCUT2D eigenvalue weighted by Gasteiger charge is 2.32.